The number of nitrogens with one attached hydrogen (secondary N) is 1. The molecule has 2 aromatic carbocycles. The highest BCUT2D eigenvalue weighted by atomic mass is 32.1. The molecule has 0 aliphatic rings. The van der Waals surface area contributed by atoms with E-state index in [0.29, 0.717) is 10.8 Å². The zero-order valence-electron chi connectivity index (χ0n) is 17.3. The molecular weight excluding hydrogens is 408 g/mol. The van der Waals surface area contributed by atoms with Crippen molar-refractivity contribution in [3.8, 4) is 21.8 Å². The van der Waals surface area contributed by atoms with Gasteiger partial charge >= 0.3 is 0 Å². The molecule has 31 heavy (non-hydrogen) atoms. The third-order valence-corrected chi connectivity index (χ3v) is 5.67. The van der Waals surface area contributed by atoms with Crippen molar-refractivity contribution in [3.05, 3.63) is 88.7 Å². The zero-order valence-corrected chi connectivity index (χ0v) is 18.1. The second kappa shape index (κ2) is 9.06. The van der Waals surface area contributed by atoms with Crippen LogP contribution in [-0.2, 0) is 11.2 Å². The Bertz CT molecular complexity index is 1250. The topological polar surface area (TPSA) is 76.9 Å². The van der Waals surface area contributed by atoms with Crippen LogP contribution in [0.25, 0.3) is 21.8 Å². The fourth-order valence-corrected chi connectivity index (χ4v) is 4.17. The number of anilines is 1. The van der Waals surface area contributed by atoms with Crippen molar-refractivity contribution in [1.82, 2.24) is 14.8 Å². The number of hydrogen-bond donors (Lipinski definition) is 1. The number of amides is 1. The first-order valence-electron chi connectivity index (χ1n) is 10.0. The second-order valence-electron chi connectivity index (χ2n) is 7.37. The fraction of sp³-hybridized carbons (Fsp3) is 0.167. The van der Waals surface area contributed by atoms with Crippen molar-refractivity contribution < 1.29 is 4.79 Å². The Balaban J connectivity index is 1.71. The van der Waals surface area contributed by atoms with E-state index in [1.54, 1.807) is 6.07 Å². The zero-order chi connectivity index (χ0) is 21.8. The van der Waals surface area contributed by atoms with Crippen LogP contribution in [0.1, 0.15) is 25.5 Å². The summed E-state index contributed by atoms with van der Waals surface area (Å²) in [5.41, 5.74) is 3.07. The maximum absolute atomic E-state index is 12.6. The number of aromatic nitrogens is 3. The van der Waals surface area contributed by atoms with Crippen molar-refractivity contribution in [2.45, 2.75) is 26.3 Å². The summed E-state index contributed by atoms with van der Waals surface area (Å²) in [5, 5.41) is 7.96. The number of carbonyl (C=O) groups is 1. The highest BCUT2D eigenvalue weighted by Gasteiger charge is 2.19. The van der Waals surface area contributed by atoms with Gasteiger partial charge in [-0.1, -0.05) is 72.0 Å². The van der Waals surface area contributed by atoms with Gasteiger partial charge in [-0.15, -0.1) is 0 Å². The predicted octanol–water partition coefficient (Wildman–Crippen LogP) is 4.80. The van der Waals surface area contributed by atoms with Gasteiger partial charge in [0, 0.05) is 11.6 Å². The summed E-state index contributed by atoms with van der Waals surface area (Å²) < 4.78 is 1.46. The minimum atomic E-state index is -0.152. The van der Waals surface area contributed by atoms with Crippen LogP contribution < -0.4 is 10.9 Å². The number of rotatable bonds is 6. The third-order valence-electron chi connectivity index (χ3n) is 4.68. The summed E-state index contributed by atoms with van der Waals surface area (Å²) in [7, 11) is 0. The van der Waals surface area contributed by atoms with Gasteiger partial charge in [-0.25, -0.2) is 9.67 Å². The SMILES string of the molecule is CC(C)n1nc(-c2sc(NC(=O)Cc3ccccc3)nc2-c2ccccc2)ccc1=O. The molecule has 0 aliphatic heterocycles. The highest BCUT2D eigenvalue weighted by Crippen LogP contribution is 2.38. The largest absolute Gasteiger partial charge is 0.302 e. The van der Waals surface area contributed by atoms with Gasteiger partial charge in [0.1, 0.15) is 5.69 Å². The number of carbonyl (C=O) groups excluding carboxylic acids is 1. The Morgan fingerprint density at radius 2 is 1.68 bits per heavy atom. The normalized spacial score (nSPS) is 10.9. The first kappa shape index (κ1) is 20.7. The molecule has 7 heteroatoms. The van der Waals surface area contributed by atoms with E-state index < -0.39 is 0 Å². The first-order valence-corrected chi connectivity index (χ1v) is 10.8. The Kier molecular flexibility index (Phi) is 6.04. The molecule has 0 atom stereocenters. The van der Waals surface area contributed by atoms with Crippen LogP contribution in [0, 0.1) is 0 Å². The molecule has 1 N–H and O–H groups in total. The molecule has 0 fully saturated rings. The smallest absolute Gasteiger partial charge is 0.267 e. The van der Waals surface area contributed by atoms with E-state index in [9.17, 15) is 9.59 Å². The molecule has 0 unspecified atom stereocenters. The van der Waals surface area contributed by atoms with E-state index in [1.165, 1.54) is 22.1 Å². The summed E-state index contributed by atoms with van der Waals surface area (Å²) >= 11 is 1.35. The van der Waals surface area contributed by atoms with Gasteiger partial charge in [0.05, 0.1) is 23.0 Å². The molecule has 0 saturated carbocycles. The van der Waals surface area contributed by atoms with Gasteiger partial charge in [-0.3, -0.25) is 9.59 Å². The van der Waals surface area contributed by atoms with E-state index in [4.69, 9.17) is 4.98 Å². The summed E-state index contributed by atoms with van der Waals surface area (Å²) in [4.78, 5) is 30.2. The standard InChI is InChI=1S/C24H22N4O2S/c1-16(2)28-21(30)14-13-19(27-28)23-22(18-11-7-4-8-12-18)26-24(31-23)25-20(29)15-17-9-5-3-6-10-17/h3-14,16H,15H2,1-2H3,(H,25,26,29). The molecular formula is C24H22N4O2S. The van der Waals surface area contributed by atoms with Crippen LogP contribution in [0.4, 0.5) is 5.13 Å². The van der Waals surface area contributed by atoms with Crippen LogP contribution in [0.5, 0.6) is 0 Å². The monoisotopic (exact) mass is 430 g/mol. The summed E-state index contributed by atoms with van der Waals surface area (Å²) in [6.07, 6.45) is 0.271. The lowest BCUT2D eigenvalue weighted by atomic mass is 10.1. The predicted molar refractivity (Wildman–Crippen MR) is 124 cm³/mol. The third kappa shape index (κ3) is 4.78. The first-order chi connectivity index (χ1) is 15.0. The second-order valence-corrected chi connectivity index (χ2v) is 8.37. The Morgan fingerprint density at radius 3 is 2.35 bits per heavy atom. The van der Waals surface area contributed by atoms with E-state index in [2.05, 4.69) is 10.4 Å². The minimum absolute atomic E-state index is 0.0643. The lowest BCUT2D eigenvalue weighted by Gasteiger charge is -2.09. The van der Waals surface area contributed by atoms with Crippen molar-refractivity contribution in [2.75, 3.05) is 5.32 Å². The summed E-state index contributed by atoms with van der Waals surface area (Å²) in [5.74, 6) is -0.133. The van der Waals surface area contributed by atoms with Crippen LogP contribution in [0.2, 0.25) is 0 Å². The molecule has 156 valence electrons. The minimum Gasteiger partial charge on any atom is -0.302 e. The van der Waals surface area contributed by atoms with Crippen molar-refractivity contribution in [3.63, 3.8) is 0 Å². The summed E-state index contributed by atoms with van der Waals surface area (Å²) in [6.45, 7) is 3.83. The van der Waals surface area contributed by atoms with Gasteiger partial charge < -0.3 is 5.32 Å². The molecule has 2 aromatic heterocycles. The van der Waals surface area contributed by atoms with Crippen LogP contribution in [0.3, 0.4) is 0 Å². The summed E-state index contributed by atoms with van der Waals surface area (Å²) in [6, 6.07) is 22.5. The van der Waals surface area contributed by atoms with Gasteiger partial charge in [-0.2, -0.15) is 5.10 Å². The van der Waals surface area contributed by atoms with Crippen LogP contribution >= 0.6 is 11.3 Å². The number of nitrogens with zero attached hydrogens (tertiary/aromatic N) is 3. The molecule has 1 amide bonds. The van der Waals surface area contributed by atoms with Crippen molar-refractivity contribution >= 4 is 22.4 Å². The molecule has 4 rings (SSSR count). The van der Waals surface area contributed by atoms with Crippen LogP contribution in [-0.4, -0.2) is 20.7 Å². The maximum Gasteiger partial charge on any atom is 0.267 e. The molecule has 0 spiro atoms. The van der Waals surface area contributed by atoms with Crippen molar-refractivity contribution in [1.29, 1.82) is 0 Å². The molecule has 0 bridgehead atoms. The quantitative estimate of drug-likeness (QED) is 0.477. The molecule has 0 saturated heterocycles. The number of hydrogen-bond acceptors (Lipinski definition) is 5. The van der Waals surface area contributed by atoms with Gasteiger partial charge in [0.15, 0.2) is 5.13 Å². The molecule has 6 nitrogen and oxygen atoms in total. The van der Waals surface area contributed by atoms with Gasteiger partial charge in [0.2, 0.25) is 5.91 Å². The van der Waals surface area contributed by atoms with Crippen molar-refractivity contribution in [2.24, 2.45) is 0 Å². The Labute approximate surface area is 184 Å². The maximum atomic E-state index is 12.6. The van der Waals surface area contributed by atoms with Crippen LogP contribution in [0.15, 0.2) is 77.6 Å². The highest BCUT2D eigenvalue weighted by molar-refractivity contribution is 7.19. The molecule has 4 aromatic rings. The lowest BCUT2D eigenvalue weighted by molar-refractivity contribution is -0.115. The lowest BCUT2D eigenvalue weighted by Crippen LogP contribution is -2.23. The average Bonchev–Trinajstić information content (AvgIpc) is 3.18. The van der Waals surface area contributed by atoms with E-state index in [0.717, 1.165) is 21.7 Å². The Morgan fingerprint density at radius 1 is 1.00 bits per heavy atom. The average molecular weight is 431 g/mol. The van der Waals surface area contributed by atoms with Gasteiger partial charge in [-0.05, 0) is 25.5 Å². The van der Waals surface area contributed by atoms with E-state index in [-0.39, 0.29) is 23.9 Å². The number of benzene rings is 2. The fourth-order valence-electron chi connectivity index (χ4n) is 3.20. The van der Waals surface area contributed by atoms with E-state index >= 15 is 0 Å². The molecule has 0 aliphatic carbocycles. The Hall–Kier alpha value is -3.58. The molecule has 2 heterocycles. The van der Waals surface area contributed by atoms with Gasteiger partial charge in [0.25, 0.3) is 5.56 Å². The molecule has 0 radical (unpaired) electrons. The number of thiazole rings is 1. The van der Waals surface area contributed by atoms with E-state index in [1.807, 2.05) is 74.5 Å².